The summed E-state index contributed by atoms with van der Waals surface area (Å²) in [5.74, 6) is -1.53. The Bertz CT molecular complexity index is 1000. The molecule has 1 amide bonds. The van der Waals surface area contributed by atoms with Crippen molar-refractivity contribution in [3.05, 3.63) is 59.8 Å². The number of aromatic amines is 1. The normalized spacial score (nSPS) is 11.2. The van der Waals surface area contributed by atoms with Crippen LogP contribution >= 0.6 is 0 Å². The number of ether oxygens (including phenoxy) is 1. The number of amides is 1. The summed E-state index contributed by atoms with van der Waals surface area (Å²) in [6, 6.07) is 10.5. The van der Waals surface area contributed by atoms with Gasteiger partial charge in [-0.15, -0.1) is 13.2 Å². The molecule has 0 atom stereocenters. The molecule has 0 fully saturated rings. The van der Waals surface area contributed by atoms with Crippen LogP contribution in [0.3, 0.4) is 0 Å². The van der Waals surface area contributed by atoms with Gasteiger partial charge in [0.25, 0.3) is 5.91 Å². The number of aromatic hydroxyl groups is 2. The summed E-state index contributed by atoms with van der Waals surface area (Å²) in [4.78, 5) is 12.2. The Morgan fingerprint density at radius 3 is 2.64 bits per heavy atom. The van der Waals surface area contributed by atoms with Gasteiger partial charge in [0.05, 0.1) is 23.5 Å². The Kier molecular flexibility index (Phi) is 5.12. The number of rotatable bonds is 5. The van der Waals surface area contributed by atoms with E-state index < -0.39 is 18.0 Å². The van der Waals surface area contributed by atoms with Crippen molar-refractivity contribution >= 4 is 5.91 Å². The minimum absolute atomic E-state index is 0.0569. The molecule has 1 heterocycles. The number of nitrogens with zero attached hydrogens (tertiary/aromatic N) is 1. The van der Waals surface area contributed by atoms with E-state index in [1.807, 2.05) is 0 Å². The van der Waals surface area contributed by atoms with E-state index in [1.165, 1.54) is 42.5 Å². The Balaban J connectivity index is 1.71. The number of alkyl halides is 3. The average Bonchev–Trinajstić information content (AvgIpc) is 3.09. The molecule has 0 saturated heterocycles. The number of hydrogen-bond donors (Lipinski definition) is 4. The molecule has 0 bridgehead atoms. The lowest BCUT2D eigenvalue weighted by Gasteiger charge is -2.12. The number of hydrogen-bond acceptors (Lipinski definition) is 5. The minimum Gasteiger partial charge on any atom is -0.508 e. The van der Waals surface area contributed by atoms with Crippen molar-refractivity contribution < 1.29 is 32.9 Å². The number of carbonyl (C=O) groups excluding carboxylic acids is 1. The Hall–Kier alpha value is -3.69. The largest absolute Gasteiger partial charge is 0.573 e. The van der Waals surface area contributed by atoms with Gasteiger partial charge in [0, 0.05) is 5.56 Å². The van der Waals surface area contributed by atoms with Gasteiger partial charge in [0.2, 0.25) is 0 Å². The monoisotopic (exact) mass is 393 g/mol. The second-order valence-electron chi connectivity index (χ2n) is 5.70. The lowest BCUT2D eigenvalue weighted by molar-refractivity contribution is -0.274. The van der Waals surface area contributed by atoms with Crippen molar-refractivity contribution in [2.75, 3.05) is 0 Å². The topological polar surface area (TPSA) is 107 Å². The van der Waals surface area contributed by atoms with Crippen LogP contribution < -0.4 is 10.1 Å². The number of nitrogens with one attached hydrogen (secondary N) is 2. The Morgan fingerprint density at radius 2 is 1.89 bits per heavy atom. The third kappa shape index (κ3) is 4.53. The van der Waals surface area contributed by atoms with Crippen LogP contribution in [0.25, 0.3) is 11.3 Å². The van der Waals surface area contributed by atoms with Gasteiger partial charge in [-0.25, -0.2) is 0 Å². The summed E-state index contributed by atoms with van der Waals surface area (Å²) in [5.41, 5.74) is 0.772. The lowest BCUT2D eigenvalue weighted by Crippen LogP contribution is -2.25. The first-order valence-corrected chi connectivity index (χ1v) is 7.92. The van der Waals surface area contributed by atoms with Gasteiger partial charge in [-0.1, -0.05) is 12.1 Å². The maximum absolute atomic E-state index is 12.5. The summed E-state index contributed by atoms with van der Waals surface area (Å²) >= 11 is 0. The van der Waals surface area contributed by atoms with Crippen molar-refractivity contribution in [3.63, 3.8) is 0 Å². The van der Waals surface area contributed by atoms with Gasteiger partial charge in [0.15, 0.2) is 0 Å². The van der Waals surface area contributed by atoms with Crippen LogP contribution in [-0.4, -0.2) is 32.7 Å². The van der Waals surface area contributed by atoms with E-state index in [-0.39, 0.29) is 23.6 Å². The van der Waals surface area contributed by atoms with E-state index >= 15 is 0 Å². The van der Waals surface area contributed by atoms with Crippen molar-refractivity contribution in [3.8, 4) is 28.5 Å². The Morgan fingerprint density at radius 1 is 1.14 bits per heavy atom. The zero-order valence-electron chi connectivity index (χ0n) is 14.1. The van der Waals surface area contributed by atoms with Crippen LogP contribution in [-0.2, 0) is 6.54 Å². The molecule has 3 aromatic rings. The SMILES string of the molecule is O=C(NCc1cc(-c2cc(O)ccc2O)[nH]n1)c1ccccc1OC(F)(F)F. The molecule has 0 aliphatic carbocycles. The third-order valence-electron chi connectivity index (χ3n) is 3.69. The molecule has 0 unspecified atom stereocenters. The molecule has 7 nitrogen and oxygen atoms in total. The van der Waals surface area contributed by atoms with E-state index in [0.717, 1.165) is 6.07 Å². The zero-order valence-corrected chi connectivity index (χ0v) is 14.1. The third-order valence-corrected chi connectivity index (χ3v) is 3.69. The highest BCUT2D eigenvalue weighted by Gasteiger charge is 2.32. The fourth-order valence-corrected chi connectivity index (χ4v) is 2.47. The van der Waals surface area contributed by atoms with Crippen LogP contribution in [0.15, 0.2) is 48.5 Å². The number of carbonyl (C=O) groups is 1. The van der Waals surface area contributed by atoms with E-state index in [1.54, 1.807) is 0 Å². The highest BCUT2D eigenvalue weighted by molar-refractivity contribution is 5.96. The van der Waals surface area contributed by atoms with Crippen molar-refractivity contribution in [2.24, 2.45) is 0 Å². The predicted octanol–water partition coefficient (Wildman–Crippen LogP) is 3.32. The van der Waals surface area contributed by atoms with Crippen LogP contribution in [0.2, 0.25) is 0 Å². The highest BCUT2D eigenvalue weighted by atomic mass is 19.4. The van der Waals surface area contributed by atoms with Gasteiger partial charge in [-0.05, 0) is 36.4 Å². The second-order valence-corrected chi connectivity index (χ2v) is 5.70. The second kappa shape index (κ2) is 7.51. The Labute approximate surface area is 156 Å². The van der Waals surface area contributed by atoms with Crippen molar-refractivity contribution in [1.82, 2.24) is 15.5 Å². The van der Waals surface area contributed by atoms with Gasteiger partial charge < -0.3 is 20.3 Å². The van der Waals surface area contributed by atoms with Gasteiger partial charge >= 0.3 is 6.36 Å². The standard InChI is InChI=1S/C18H14F3N3O4/c19-18(20,21)28-16-4-2-1-3-12(16)17(27)22-9-10-7-14(24-23-10)13-8-11(25)5-6-15(13)26/h1-8,25-26H,9H2,(H,22,27)(H,23,24). The first-order chi connectivity index (χ1) is 13.2. The number of H-pyrrole nitrogens is 1. The van der Waals surface area contributed by atoms with Crippen LogP contribution in [0, 0.1) is 0 Å². The smallest absolute Gasteiger partial charge is 0.508 e. The first-order valence-electron chi connectivity index (χ1n) is 7.92. The number of halogens is 3. The number of benzene rings is 2. The number of aromatic nitrogens is 2. The quantitative estimate of drug-likeness (QED) is 0.498. The summed E-state index contributed by atoms with van der Waals surface area (Å²) in [6.45, 7) is -0.0880. The molecule has 0 saturated carbocycles. The molecular formula is C18H14F3N3O4. The van der Waals surface area contributed by atoms with Crippen LogP contribution in [0.1, 0.15) is 16.1 Å². The summed E-state index contributed by atoms with van der Waals surface area (Å²) in [5, 5.41) is 28.4. The molecule has 4 N–H and O–H groups in total. The maximum Gasteiger partial charge on any atom is 0.573 e. The van der Waals surface area contributed by atoms with E-state index in [4.69, 9.17) is 0 Å². The molecule has 2 aromatic carbocycles. The number of phenols is 2. The molecule has 10 heteroatoms. The van der Waals surface area contributed by atoms with E-state index in [2.05, 4.69) is 20.3 Å². The van der Waals surface area contributed by atoms with Crippen molar-refractivity contribution in [1.29, 1.82) is 0 Å². The molecule has 28 heavy (non-hydrogen) atoms. The molecule has 146 valence electrons. The molecule has 0 aliphatic heterocycles. The minimum atomic E-state index is -4.92. The number of para-hydroxylation sites is 1. The van der Waals surface area contributed by atoms with E-state index in [0.29, 0.717) is 17.0 Å². The molecule has 1 aromatic heterocycles. The number of phenolic OH excluding ortho intramolecular Hbond substituents is 2. The molecule has 3 rings (SSSR count). The lowest BCUT2D eigenvalue weighted by atomic mass is 10.1. The van der Waals surface area contributed by atoms with Crippen LogP contribution in [0.4, 0.5) is 13.2 Å². The molecule has 0 spiro atoms. The van der Waals surface area contributed by atoms with Crippen molar-refractivity contribution in [2.45, 2.75) is 12.9 Å². The van der Waals surface area contributed by atoms with Crippen LogP contribution in [0.5, 0.6) is 17.2 Å². The van der Waals surface area contributed by atoms with E-state index in [9.17, 15) is 28.2 Å². The van der Waals surface area contributed by atoms with Gasteiger partial charge in [-0.3, -0.25) is 9.89 Å². The maximum atomic E-state index is 12.5. The summed E-state index contributed by atoms with van der Waals surface area (Å²) in [6.07, 6.45) is -4.92. The van der Waals surface area contributed by atoms with Gasteiger partial charge in [0.1, 0.15) is 17.2 Å². The first kappa shape index (κ1) is 19.1. The highest BCUT2D eigenvalue weighted by Crippen LogP contribution is 2.31. The fourth-order valence-electron chi connectivity index (χ4n) is 2.47. The summed E-state index contributed by atoms with van der Waals surface area (Å²) in [7, 11) is 0. The molecular weight excluding hydrogens is 379 g/mol. The predicted molar refractivity (Wildman–Crippen MR) is 91.6 cm³/mol. The zero-order chi connectivity index (χ0) is 20.3. The average molecular weight is 393 g/mol. The molecule has 0 aliphatic rings. The van der Waals surface area contributed by atoms with Gasteiger partial charge in [-0.2, -0.15) is 5.10 Å². The molecule has 0 radical (unpaired) electrons. The fraction of sp³-hybridized carbons (Fsp3) is 0.111. The summed E-state index contributed by atoms with van der Waals surface area (Å²) < 4.78 is 41.2.